The van der Waals surface area contributed by atoms with Crippen molar-refractivity contribution in [1.82, 2.24) is 19.5 Å². The number of hydrogen-bond acceptors (Lipinski definition) is 18. The van der Waals surface area contributed by atoms with Gasteiger partial charge in [0.1, 0.15) is 47.9 Å². The molecule has 0 saturated carbocycles. The van der Waals surface area contributed by atoms with Crippen molar-refractivity contribution in [3.8, 4) is 0 Å². The standard InChI is InChI=1S/C21H28N7O17P3/c22-17-12-19(25-7-24-17)28(8-26-12)21-16(44-46(33,34)35)14(30)11(43-21)6-41-48(38,39)45-47(36,37)40-5-10-13(29)15(31)20(42-10)27-3-1-2-9(4-27)18(23)32/h1-4,7-8,10-11,13-16,20-21,29-31H,5-6H2,(H7-,22,23,24,25,32,33,34,35,36,37,38,39)/t10-,11-,13-,14-,15+,16+,20+,21+/m0/s1. The minimum atomic E-state index is -5.77. The molecule has 2 fully saturated rings. The molecule has 0 radical (unpaired) electrons. The highest BCUT2D eigenvalue weighted by atomic mass is 31.3. The van der Waals surface area contributed by atoms with Crippen LogP contribution in [0.2, 0.25) is 0 Å². The Balaban J connectivity index is 1.21. The Kier molecular flexibility index (Phi) is 10.5. The third-order valence-corrected chi connectivity index (χ3v) is 10.1. The Bertz CT molecular complexity index is 1810. The highest BCUT2D eigenvalue weighted by molar-refractivity contribution is 7.60. The van der Waals surface area contributed by atoms with Crippen LogP contribution in [0.4, 0.5) is 5.82 Å². The molecule has 2 unspecified atom stereocenters. The fourth-order valence-corrected chi connectivity index (χ4v) is 7.42. The summed E-state index contributed by atoms with van der Waals surface area (Å²) in [7, 11) is -16.6. The number of aliphatic hydroxyl groups excluding tert-OH is 3. The van der Waals surface area contributed by atoms with Gasteiger partial charge in [-0.1, -0.05) is 0 Å². The Labute approximate surface area is 267 Å². The predicted molar refractivity (Wildman–Crippen MR) is 148 cm³/mol. The first kappa shape index (κ1) is 36.4. The lowest BCUT2D eigenvalue weighted by Gasteiger charge is -2.26. The van der Waals surface area contributed by atoms with E-state index in [1.807, 2.05) is 0 Å². The van der Waals surface area contributed by atoms with Crippen molar-refractivity contribution in [2.75, 3.05) is 18.9 Å². The number of hydrogen-bond donors (Lipinski definition) is 8. The zero-order chi connectivity index (χ0) is 35.2. The molecule has 48 heavy (non-hydrogen) atoms. The number of primary amides is 1. The Hall–Kier alpha value is -2.86. The van der Waals surface area contributed by atoms with Gasteiger partial charge in [0.2, 0.25) is 0 Å². The van der Waals surface area contributed by atoms with Gasteiger partial charge in [-0.3, -0.25) is 23.0 Å². The summed E-state index contributed by atoms with van der Waals surface area (Å²) in [5, 5.41) is 31.5. The van der Waals surface area contributed by atoms with E-state index in [1.54, 1.807) is 0 Å². The van der Waals surface area contributed by atoms with Gasteiger partial charge >= 0.3 is 15.6 Å². The first-order valence-corrected chi connectivity index (χ1v) is 17.8. The number of aromatic nitrogens is 5. The molecule has 0 aromatic carbocycles. The van der Waals surface area contributed by atoms with Crippen LogP contribution in [0.5, 0.6) is 0 Å². The van der Waals surface area contributed by atoms with E-state index in [-0.39, 0.29) is 22.5 Å². The topological polar surface area (TPSA) is 368 Å². The molecule has 3 aromatic rings. The van der Waals surface area contributed by atoms with Gasteiger partial charge in [-0.15, -0.1) is 0 Å². The summed E-state index contributed by atoms with van der Waals surface area (Å²) < 4.78 is 67.9. The third-order valence-electron chi connectivity index (χ3n) is 6.97. The second kappa shape index (κ2) is 13.8. The normalized spacial score (nSPS) is 30.3. The van der Waals surface area contributed by atoms with E-state index >= 15 is 0 Å². The van der Waals surface area contributed by atoms with Crippen LogP contribution >= 0.6 is 23.5 Å². The molecule has 10 atom stereocenters. The van der Waals surface area contributed by atoms with E-state index < -0.39 is 91.7 Å². The number of amides is 1. The molecule has 5 heterocycles. The zero-order valence-corrected chi connectivity index (χ0v) is 26.6. The molecule has 2 saturated heterocycles. The molecular formula is C21H28N7O17P3. The summed E-state index contributed by atoms with van der Waals surface area (Å²) in [4.78, 5) is 64.4. The number of carbonyl (C=O) groups is 1. The fraction of sp³-hybridized carbons (Fsp3) is 0.476. The molecule has 27 heteroatoms. The maximum atomic E-state index is 12.5. The number of carbonyl (C=O) groups excluding carboxylic acids is 1. The Morgan fingerprint density at radius 3 is 2.40 bits per heavy atom. The van der Waals surface area contributed by atoms with Gasteiger partial charge in [-0.25, -0.2) is 28.4 Å². The second-order valence-corrected chi connectivity index (χ2v) is 14.4. The largest absolute Gasteiger partial charge is 0.756 e. The SMILES string of the molecule is NC(=O)c1ccc[n+]([C@@H]2O[C@@H](COP(=O)(O)OP(=O)([O-])OC[C@@H]3O[C@@H](n4cnc5c(N)ncnc54)[C@H](OP(=O)(O)O)[C@H]3O)[C@H](O)[C@H]2O)c1. The van der Waals surface area contributed by atoms with Crippen LogP contribution < -0.4 is 20.9 Å². The van der Waals surface area contributed by atoms with Crippen molar-refractivity contribution < 1.29 is 85.3 Å². The van der Waals surface area contributed by atoms with Crippen molar-refractivity contribution in [3.63, 3.8) is 0 Å². The van der Waals surface area contributed by atoms with Gasteiger partial charge in [-0.2, -0.15) is 4.57 Å². The van der Waals surface area contributed by atoms with E-state index in [0.717, 1.165) is 17.2 Å². The molecule has 1 amide bonds. The first-order chi connectivity index (χ1) is 22.4. The van der Waals surface area contributed by atoms with Gasteiger partial charge in [-0.05, 0) is 6.07 Å². The van der Waals surface area contributed by atoms with Gasteiger partial charge < -0.3 is 60.4 Å². The highest BCUT2D eigenvalue weighted by Gasteiger charge is 2.51. The quantitative estimate of drug-likeness (QED) is 0.0621. The van der Waals surface area contributed by atoms with E-state index in [4.69, 9.17) is 20.9 Å². The second-order valence-electron chi connectivity index (χ2n) is 10.2. The molecular weight excluding hydrogens is 715 g/mol. The number of aliphatic hydroxyl groups is 3. The van der Waals surface area contributed by atoms with Gasteiger partial charge in [0.25, 0.3) is 20.0 Å². The summed E-state index contributed by atoms with van der Waals surface area (Å²) in [6, 6.07) is 2.78. The van der Waals surface area contributed by atoms with Crippen molar-refractivity contribution in [1.29, 1.82) is 0 Å². The van der Waals surface area contributed by atoms with E-state index in [1.165, 1.54) is 29.1 Å². The van der Waals surface area contributed by atoms with E-state index in [2.05, 4.69) is 32.8 Å². The monoisotopic (exact) mass is 743 g/mol. The molecule has 24 nitrogen and oxygen atoms in total. The minimum Gasteiger partial charge on any atom is -0.756 e. The van der Waals surface area contributed by atoms with Crippen LogP contribution in [-0.4, -0.2) is 105 Å². The number of ether oxygens (including phenoxy) is 2. The summed E-state index contributed by atoms with van der Waals surface area (Å²) in [5.41, 5.74) is 11.1. The number of nitrogens with zero attached hydrogens (tertiary/aromatic N) is 5. The van der Waals surface area contributed by atoms with Crippen LogP contribution in [0.1, 0.15) is 22.8 Å². The number of anilines is 1. The minimum absolute atomic E-state index is 0.00949. The zero-order valence-electron chi connectivity index (χ0n) is 23.9. The third kappa shape index (κ3) is 8.12. The van der Waals surface area contributed by atoms with Gasteiger partial charge in [0.05, 0.1) is 19.5 Å². The Morgan fingerprint density at radius 1 is 1.02 bits per heavy atom. The number of rotatable bonds is 13. The lowest BCUT2D eigenvalue weighted by Crippen LogP contribution is -2.46. The molecule has 2 aliphatic heterocycles. The summed E-state index contributed by atoms with van der Waals surface area (Å²) in [5.74, 6) is -0.862. The fourth-order valence-electron chi connectivity index (χ4n) is 4.82. The predicted octanol–water partition coefficient (Wildman–Crippen LogP) is -3.53. The van der Waals surface area contributed by atoms with Crippen molar-refractivity contribution >= 4 is 46.4 Å². The number of phosphoric ester groups is 3. The van der Waals surface area contributed by atoms with Crippen molar-refractivity contribution in [2.45, 2.75) is 49.1 Å². The van der Waals surface area contributed by atoms with Crippen LogP contribution in [0, 0.1) is 0 Å². The number of pyridine rings is 1. The molecule has 0 bridgehead atoms. The molecule has 10 N–H and O–H groups in total. The summed E-state index contributed by atoms with van der Waals surface area (Å²) in [6.07, 6.45) is -8.59. The number of nitrogens with two attached hydrogens (primary N) is 2. The van der Waals surface area contributed by atoms with Crippen molar-refractivity contribution in [3.05, 3.63) is 42.7 Å². The van der Waals surface area contributed by atoms with Crippen LogP contribution in [0.3, 0.4) is 0 Å². The number of imidazole rings is 1. The number of fused-ring (bicyclic) bond motifs is 1. The average Bonchev–Trinajstić information content (AvgIpc) is 3.64. The van der Waals surface area contributed by atoms with Gasteiger partial charge in [0, 0.05) is 6.07 Å². The lowest BCUT2D eigenvalue weighted by atomic mass is 10.1. The van der Waals surface area contributed by atoms with Crippen molar-refractivity contribution in [2.24, 2.45) is 5.73 Å². The van der Waals surface area contributed by atoms with Crippen LogP contribution in [-0.2, 0) is 41.1 Å². The maximum absolute atomic E-state index is 12.5. The number of phosphoric acid groups is 3. The molecule has 0 aliphatic carbocycles. The summed E-state index contributed by atoms with van der Waals surface area (Å²) >= 11 is 0. The maximum Gasteiger partial charge on any atom is 0.478 e. The Morgan fingerprint density at radius 2 is 1.71 bits per heavy atom. The lowest BCUT2D eigenvalue weighted by molar-refractivity contribution is -0.765. The molecule has 3 aromatic heterocycles. The molecule has 264 valence electrons. The average molecular weight is 743 g/mol. The molecule has 0 spiro atoms. The van der Waals surface area contributed by atoms with E-state index in [0.29, 0.717) is 0 Å². The smallest absolute Gasteiger partial charge is 0.478 e. The van der Waals surface area contributed by atoms with Gasteiger partial charge in [0.15, 0.2) is 36.2 Å². The van der Waals surface area contributed by atoms with E-state index in [9.17, 15) is 53.4 Å². The highest BCUT2D eigenvalue weighted by Crippen LogP contribution is 2.58. The first-order valence-electron chi connectivity index (χ1n) is 13.3. The molecule has 2 aliphatic rings. The molecule has 5 rings (SSSR count). The number of nitrogen functional groups attached to an aromatic ring is 1. The summed E-state index contributed by atoms with van der Waals surface area (Å²) in [6.45, 7) is -2.12. The van der Waals surface area contributed by atoms with Crippen LogP contribution in [0.25, 0.3) is 11.2 Å². The van der Waals surface area contributed by atoms with Crippen LogP contribution in [0.15, 0.2) is 37.2 Å².